The summed E-state index contributed by atoms with van der Waals surface area (Å²) in [6.45, 7) is 1.83. The van der Waals surface area contributed by atoms with Gasteiger partial charge in [0, 0.05) is 6.04 Å². The molecule has 1 aliphatic carbocycles. The first-order valence-electron chi connectivity index (χ1n) is 5.63. The molecule has 0 radical (unpaired) electrons. The zero-order chi connectivity index (χ0) is 10.4. The predicted molar refractivity (Wildman–Crippen MR) is 55.8 cm³/mol. The molecule has 3 heteroatoms. The fourth-order valence-corrected chi connectivity index (χ4v) is 1.86. The summed E-state index contributed by atoms with van der Waals surface area (Å²) >= 11 is 0. The zero-order valence-electron chi connectivity index (χ0n) is 9.00. The van der Waals surface area contributed by atoms with Gasteiger partial charge < -0.3 is 10.5 Å². The van der Waals surface area contributed by atoms with Crippen molar-refractivity contribution in [3.05, 3.63) is 0 Å². The standard InChI is InChI=1S/C11H21NO2/c1-9(12)8-11(13)14-10-6-4-2-3-5-7-10/h9-10H,2-8,12H2,1H3. The summed E-state index contributed by atoms with van der Waals surface area (Å²) in [6.07, 6.45) is 7.50. The van der Waals surface area contributed by atoms with Crippen LogP contribution in [0.4, 0.5) is 0 Å². The van der Waals surface area contributed by atoms with Crippen molar-refractivity contribution in [1.82, 2.24) is 0 Å². The Morgan fingerprint density at radius 3 is 2.43 bits per heavy atom. The van der Waals surface area contributed by atoms with Gasteiger partial charge in [0.25, 0.3) is 0 Å². The Kier molecular flexibility index (Phi) is 4.94. The largest absolute Gasteiger partial charge is 0.462 e. The second kappa shape index (κ2) is 6.02. The smallest absolute Gasteiger partial charge is 0.307 e. The molecule has 14 heavy (non-hydrogen) atoms. The summed E-state index contributed by atoms with van der Waals surface area (Å²) in [6, 6.07) is -0.0896. The fraction of sp³-hybridized carbons (Fsp3) is 0.909. The third-order valence-electron chi connectivity index (χ3n) is 2.59. The summed E-state index contributed by atoms with van der Waals surface area (Å²) in [5.74, 6) is -0.133. The molecule has 1 unspecified atom stereocenters. The Morgan fingerprint density at radius 2 is 1.93 bits per heavy atom. The van der Waals surface area contributed by atoms with Gasteiger partial charge in [-0.1, -0.05) is 12.8 Å². The van der Waals surface area contributed by atoms with E-state index < -0.39 is 0 Å². The minimum Gasteiger partial charge on any atom is -0.462 e. The van der Waals surface area contributed by atoms with Gasteiger partial charge in [0.05, 0.1) is 6.42 Å². The number of ether oxygens (including phenoxy) is 1. The lowest BCUT2D eigenvalue weighted by atomic mass is 10.1. The molecule has 0 saturated heterocycles. The van der Waals surface area contributed by atoms with E-state index >= 15 is 0 Å². The van der Waals surface area contributed by atoms with Crippen LogP contribution in [-0.4, -0.2) is 18.1 Å². The maximum absolute atomic E-state index is 11.3. The number of rotatable bonds is 3. The van der Waals surface area contributed by atoms with Gasteiger partial charge in [0.15, 0.2) is 0 Å². The molecule has 0 aromatic heterocycles. The van der Waals surface area contributed by atoms with E-state index in [1.807, 2.05) is 6.92 Å². The second-order valence-corrected chi connectivity index (χ2v) is 4.28. The summed E-state index contributed by atoms with van der Waals surface area (Å²) < 4.78 is 5.36. The maximum Gasteiger partial charge on any atom is 0.307 e. The lowest BCUT2D eigenvalue weighted by Crippen LogP contribution is -2.24. The Labute approximate surface area is 86.0 Å². The molecule has 0 aromatic carbocycles. The molecule has 1 atom stereocenters. The van der Waals surface area contributed by atoms with Crippen molar-refractivity contribution in [1.29, 1.82) is 0 Å². The molecule has 1 aliphatic rings. The number of carbonyl (C=O) groups excluding carboxylic acids is 1. The number of hydrogen-bond acceptors (Lipinski definition) is 3. The summed E-state index contributed by atoms with van der Waals surface area (Å²) in [5, 5.41) is 0. The molecule has 0 aliphatic heterocycles. The molecule has 1 rings (SSSR count). The lowest BCUT2D eigenvalue weighted by Gasteiger charge is -2.16. The molecule has 0 amide bonds. The third-order valence-corrected chi connectivity index (χ3v) is 2.59. The van der Waals surface area contributed by atoms with Crippen LogP contribution in [0.25, 0.3) is 0 Å². The molecule has 2 N–H and O–H groups in total. The van der Waals surface area contributed by atoms with Crippen LogP contribution in [0.2, 0.25) is 0 Å². The molecular weight excluding hydrogens is 178 g/mol. The summed E-state index contributed by atoms with van der Waals surface area (Å²) in [5.41, 5.74) is 5.53. The van der Waals surface area contributed by atoms with Crippen molar-refractivity contribution < 1.29 is 9.53 Å². The van der Waals surface area contributed by atoms with Crippen molar-refractivity contribution in [2.24, 2.45) is 5.73 Å². The van der Waals surface area contributed by atoms with Crippen LogP contribution < -0.4 is 5.73 Å². The van der Waals surface area contributed by atoms with Crippen LogP contribution in [0.1, 0.15) is 51.9 Å². The van der Waals surface area contributed by atoms with Gasteiger partial charge in [-0.3, -0.25) is 4.79 Å². The number of carbonyl (C=O) groups is 1. The van der Waals surface area contributed by atoms with E-state index in [0.717, 1.165) is 12.8 Å². The minimum absolute atomic E-state index is 0.0896. The number of nitrogens with two attached hydrogens (primary N) is 1. The van der Waals surface area contributed by atoms with Crippen LogP contribution in [0.15, 0.2) is 0 Å². The molecule has 82 valence electrons. The van der Waals surface area contributed by atoms with Gasteiger partial charge in [-0.05, 0) is 32.6 Å². The molecular formula is C11H21NO2. The molecule has 0 heterocycles. The van der Waals surface area contributed by atoms with E-state index in [1.54, 1.807) is 0 Å². The van der Waals surface area contributed by atoms with Crippen molar-refractivity contribution >= 4 is 5.97 Å². The monoisotopic (exact) mass is 199 g/mol. The second-order valence-electron chi connectivity index (χ2n) is 4.28. The van der Waals surface area contributed by atoms with E-state index in [1.165, 1.54) is 25.7 Å². The normalized spacial score (nSPS) is 21.3. The highest BCUT2D eigenvalue weighted by atomic mass is 16.5. The van der Waals surface area contributed by atoms with E-state index in [9.17, 15) is 4.79 Å². The Balaban J connectivity index is 2.23. The van der Waals surface area contributed by atoms with E-state index in [2.05, 4.69) is 0 Å². The first-order valence-corrected chi connectivity index (χ1v) is 5.63. The number of esters is 1. The van der Waals surface area contributed by atoms with Crippen LogP contribution in [0.3, 0.4) is 0 Å². The Hall–Kier alpha value is -0.570. The van der Waals surface area contributed by atoms with Crippen LogP contribution in [0.5, 0.6) is 0 Å². The van der Waals surface area contributed by atoms with E-state index in [4.69, 9.17) is 10.5 Å². The average Bonchev–Trinajstić information content (AvgIpc) is 2.31. The van der Waals surface area contributed by atoms with Crippen molar-refractivity contribution in [3.63, 3.8) is 0 Å². The minimum atomic E-state index is -0.133. The van der Waals surface area contributed by atoms with Gasteiger partial charge in [0.2, 0.25) is 0 Å². The lowest BCUT2D eigenvalue weighted by molar-refractivity contribution is -0.149. The quantitative estimate of drug-likeness (QED) is 0.558. The van der Waals surface area contributed by atoms with Crippen LogP contribution in [-0.2, 0) is 9.53 Å². The van der Waals surface area contributed by atoms with Crippen molar-refractivity contribution in [2.45, 2.75) is 64.0 Å². The molecule has 0 aromatic rings. The van der Waals surface area contributed by atoms with E-state index in [-0.39, 0.29) is 18.1 Å². The highest BCUT2D eigenvalue weighted by Crippen LogP contribution is 2.20. The van der Waals surface area contributed by atoms with Crippen LogP contribution >= 0.6 is 0 Å². The molecule has 3 nitrogen and oxygen atoms in total. The molecule has 1 saturated carbocycles. The fourth-order valence-electron chi connectivity index (χ4n) is 1.86. The Bertz CT molecular complexity index is 172. The highest BCUT2D eigenvalue weighted by Gasteiger charge is 2.16. The summed E-state index contributed by atoms with van der Waals surface area (Å²) in [4.78, 5) is 11.3. The highest BCUT2D eigenvalue weighted by molar-refractivity contribution is 5.70. The van der Waals surface area contributed by atoms with Gasteiger partial charge in [-0.2, -0.15) is 0 Å². The SMILES string of the molecule is CC(N)CC(=O)OC1CCCCCC1. The van der Waals surface area contributed by atoms with E-state index in [0.29, 0.717) is 6.42 Å². The molecule has 0 bridgehead atoms. The first kappa shape index (κ1) is 11.5. The van der Waals surface area contributed by atoms with Crippen molar-refractivity contribution in [2.75, 3.05) is 0 Å². The molecule has 0 spiro atoms. The topological polar surface area (TPSA) is 52.3 Å². The van der Waals surface area contributed by atoms with Crippen LogP contribution in [0, 0.1) is 0 Å². The van der Waals surface area contributed by atoms with Gasteiger partial charge in [0.1, 0.15) is 6.10 Å². The maximum atomic E-state index is 11.3. The molecule has 1 fully saturated rings. The predicted octanol–water partition coefficient (Wildman–Crippen LogP) is 1.99. The summed E-state index contributed by atoms with van der Waals surface area (Å²) in [7, 11) is 0. The third kappa shape index (κ3) is 4.61. The zero-order valence-corrected chi connectivity index (χ0v) is 9.00. The Morgan fingerprint density at radius 1 is 1.36 bits per heavy atom. The van der Waals surface area contributed by atoms with Gasteiger partial charge in [-0.25, -0.2) is 0 Å². The first-order chi connectivity index (χ1) is 6.68. The van der Waals surface area contributed by atoms with Crippen molar-refractivity contribution in [3.8, 4) is 0 Å². The average molecular weight is 199 g/mol. The number of hydrogen-bond donors (Lipinski definition) is 1. The van der Waals surface area contributed by atoms with Gasteiger partial charge >= 0.3 is 5.97 Å². The van der Waals surface area contributed by atoms with Gasteiger partial charge in [-0.15, -0.1) is 0 Å².